The average Bonchev–Trinajstić information content (AvgIpc) is 2.83. The molecule has 2 N–H and O–H groups in total. The summed E-state index contributed by atoms with van der Waals surface area (Å²) in [6, 6.07) is 19.2. The number of hydrogen-bond acceptors (Lipinski definition) is 6. The van der Waals surface area contributed by atoms with Crippen LogP contribution in [0.15, 0.2) is 71.8 Å². The minimum Gasteiger partial charge on any atom is -0.497 e. The number of hydrazone groups is 1. The van der Waals surface area contributed by atoms with Gasteiger partial charge in [0.2, 0.25) is 0 Å². The largest absolute Gasteiger partial charge is 0.497 e. The Hall–Kier alpha value is -4.04. The summed E-state index contributed by atoms with van der Waals surface area (Å²) in [5.74, 6) is -0.364. The fourth-order valence-corrected chi connectivity index (χ4v) is 3.01. The fraction of sp³-hybridized carbons (Fsp3) is 0.125. The summed E-state index contributed by atoms with van der Waals surface area (Å²) in [4.78, 5) is 24.2. The van der Waals surface area contributed by atoms with Crippen molar-refractivity contribution in [1.29, 1.82) is 0 Å². The van der Waals surface area contributed by atoms with Crippen LogP contribution in [0.1, 0.15) is 11.1 Å². The summed E-state index contributed by atoms with van der Waals surface area (Å²) in [6.45, 7) is 0.205. The SMILES string of the molecule is COc1cccc(NC(=O)C(=O)N/N=C\c2cccc(OC)c2OCc2ccccc2Cl)c1. The van der Waals surface area contributed by atoms with Gasteiger partial charge in [-0.3, -0.25) is 9.59 Å². The Morgan fingerprint density at radius 2 is 1.76 bits per heavy atom. The summed E-state index contributed by atoms with van der Waals surface area (Å²) in [5.41, 5.74) is 3.95. The van der Waals surface area contributed by atoms with Crippen LogP contribution in [0, 0.1) is 0 Å². The van der Waals surface area contributed by atoms with Crippen LogP contribution < -0.4 is 25.0 Å². The van der Waals surface area contributed by atoms with Gasteiger partial charge in [-0.05, 0) is 30.3 Å². The van der Waals surface area contributed by atoms with E-state index in [0.717, 1.165) is 5.56 Å². The number of para-hydroxylation sites is 1. The van der Waals surface area contributed by atoms with E-state index in [1.165, 1.54) is 20.4 Å². The maximum Gasteiger partial charge on any atom is 0.329 e. The number of benzene rings is 3. The lowest BCUT2D eigenvalue weighted by Crippen LogP contribution is -2.32. The van der Waals surface area contributed by atoms with Crippen LogP contribution in [0.2, 0.25) is 5.02 Å². The smallest absolute Gasteiger partial charge is 0.329 e. The fourth-order valence-electron chi connectivity index (χ4n) is 2.81. The van der Waals surface area contributed by atoms with Gasteiger partial charge in [0, 0.05) is 27.9 Å². The highest BCUT2D eigenvalue weighted by Crippen LogP contribution is 2.31. The van der Waals surface area contributed by atoms with Gasteiger partial charge in [0.1, 0.15) is 12.4 Å². The second kappa shape index (κ2) is 11.5. The zero-order valence-corrected chi connectivity index (χ0v) is 18.8. The van der Waals surface area contributed by atoms with Crippen molar-refractivity contribution in [3.05, 3.63) is 82.9 Å². The lowest BCUT2D eigenvalue weighted by molar-refractivity contribution is -0.136. The number of carbonyl (C=O) groups is 2. The molecule has 0 aliphatic carbocycles. The normalized spacial score (nSPS) is 10.5. The van der Waals surface area contributed by atoms with E-state index in [1.807, 2.05) is 18.2 Å². The standard InChI is InChI=1S/C24H22ClN3O5/c1-31-19-10-6-9-18(13-19)27-23(29)24(30)28-26-14-16-8-5-12-21(32-2)22(16)33-15-17-7-3-4-11-20(17)25/h3-14H,15H2,1-2H3,(H,27,29)(H,28,30)/b26-14-. The van der Waals surface area contributed by atoms with Gasteiger partial charge in [-0.25, -0.2) is 5.43 Å². The summed E-state index contributed by atoms with van der Waals surface area (Å²) in [6.07, 6.45) is 1.36. The molecule has 9 heteroatoms. The van der Waals surface area contributed by atoms with Crippen LogP contribution in [0.5, 0.6) is 17.2 Å². The minimum atomic E-state index is -0.935. The molecule has 0 aromatic heterocycles. The van der Waals surface area contributed by atoms with E-state index in [9.17, 15) is 9.59 Å². The highest BCUT2D eigenvalue weighted by molar-refractivity contribution is 6.39. The molecule has 0 atom stereocenters. The lowest BCUT2D eigenvalue weighted by atomic mass is 10.2. The molecule has 0 heterocycles. The van der Waals surface area contributed by atoms with Crippen LogP contribution in [0.3, 0.4) is 0 Å². The number of halogens is 1. The number of carbonyl (C=O) groups excluding carboxylic acids is 2. The summed E-state index contributed by atoms with van der Waals surface area (Å²) < 4.78 is 16.4. The van der Waals surface area contributed by atoms with Crippen LogP contribution in [0.4, 0.5) is 5.69 Å². The predicted molar refractivity (Wildman–Crippen MR) is 126 cm³/mol. The molecule has 3 aromatic rings. The van der Waals surface area contributed by atoms with Crippen LogP contribution >= 0.6 is 11.6 Å². The molecule has 8 nitrogen and oxygen atoms in total. The molecule has 3 aromatic carbocycles. The molecule has 0 unspecified atom stereocenters. The van der Waals surface area contributed by atoms with E-state index in [2.05, 4.69) is 15.8 Å². The minimum absolute atomic E-state index is 0.205. The Morgan fingerprint density at radius 1 is 0.970 bits per heavy atom. The number of ether oxygens (including phenoxy) is 3. The van der Waals surface area contributed by atoms with Gasteiger partial charge < -0.3 is 19.5 Å². The van der Waals surface area contributed by atoms with Crippen molar-refractivity contribution in [3.63, 3.8) is 0 Å². The van der Waals surface area contributed by atoms with Crippen molar-refractivity contribution in [2.75, 3.05) is 19.5 Å². The Balaban J connectivity index is 1.66. The number of anilines is 1. The maximum absolute atomic E-state index is 12.1. The molecular formula is C24H22ClN3O5. The number of nitrogens with one attached hydrogen (secondary N) is 2. The molecule has 0 bridgehead atoms. The van der Waals surface area contributed by atoms with E-state index in [1.54, 1.807) is 48.5 Å². The number of hydrogen-bond donors (Lipinski definition) is 2. The Morgan fingerprint density at radius 3 is 2.52 bits per heavy atom. The van der Waals surface area contributed by atoms with Crippen molar-refractivity contribution in [3.8, 4) is 17.2 Å². The van der Waals surface area contributed by atoms with Gasteiger partial charge in [-0.2, -0.15) is 5.10 Å². The Bertz CT molecular complexity index is 1170. The first kappa shape index (κ1) is 23.6. The van der Waals surface area contributed by atoms with Crippen molar-refractivity contribution < 1.29 is 23.8 Å². The van der Waals surface area contributed by atoms with E-state index >= 15 is 0 Å². The topological polar surface area (TPSA) is 98.2 Å². The van der Waals surface area contributed by atoms with Gasteiger partial charge in [-0.1, -0.05) is 41.9 Å². The van der Waals surface area contributed by atoms with Crippen molar-refractivity contribution in [2.45, 2.75) is 6.61 Å². The monoisotopic (exact) mass is 467 g/mol. The van der Waals surface area contributed by atoms with Gasteiger partial charge in [0.05, 0.1) is 20.4 Å². The number of nitrogens with zero attached hydrogens (tertiary/aromatic N) is 1. The molecule has 3 rings (SSSR count). The highest BCUT2D eigenvalue weighted by atomic mass is 35.5. The Kier molecular flexibility index (Phi) is 8.26. The van der Waals surface area contributed by atoms with Gasteiger partial charge in [-0.15, -0.1) is 0 Å². The number of rotatable bonds is 8. The highest BCUT2D eigenvalue weighted by Gasteiger charge is 2.14. The average molecular weight is 468 g/mol. The van der Waals surface area contributed by atoms with E-state index in [-0.39, 0.29) is 6.61 Å². The van der Waals surface area contributed by atoms with Crippen molar-refractivity contribution >= 4 is 35.3 Å². The second-order valence-electron chi connectivity index (χ2n) is 6.64. The third kappa shape index (κ3) is 6.47. The van der Waals surface area contributed by atoms with Crippen molar-refractivity contribution in [2.24, 2.45) is 5.10 Å². The first-order valence-electron chi connectivity index (χ1n) is 9.83. The molecule has 170 valence electrons. The van der Waals surface area contributed by atoms with Gasteiger partial charge in [0.15, 0.2) is 11.5 Å². The third-order valence-corrected chi connectivity index (χ3v) is 4.83. The molecule has 0 saturated carbocycles. The quantitative estimate of drug-likeness (QED) is 0.296. The molecular weight excluding hydrogens is 446 g/mol. The Labute approximate surface area is 196 Å². The molecule has 0 radical (unpaired) electrons. The van der Waals surface area contributed by atoms with E-state index in [4.69, 9.17) is 25.8 Å². The molecule has 0 saturated heterocycles. The molecule has 0 spiro atoms. The van der Waals surface area contributed by atoms with Crippen LogP contribution in [0.25, 0.3) is 0 Å². The maximum atomic E-state index is 12.1. The summed E-state index contributed by atoms with van der Waals surface area (Å²) in [7, 11) is 3.02. The first-order valence-corrected chi connectivity index (χ1v) is 10.2. The van der Waals surface area contributed by atoms with Crippen LogP contribution in [-0.2, 0) is 16.2 Å². The lowest BCUT2D eigenvalue weighted by Gasteiger charge is -2.13. The second-order valence-corrected chi connectivity index (χ2v) is 7.05. The third-order valence-electron chi connectivity index (χ3n) is 4.46. The summed E-state index contributed by atoms with van der Waals surface area (Å²) in [5, 5.41) is 6.93. The van der Waals surface area contributed by atoms with Crippen LogP contribution in [-0.4, -0.2) is 32.2 Å². The molecule has 33 heavy (non-hydrogen) atoms. The van der Waals surface area contributed by atoms with Gasteiger partial charge >= 0.3 is 11.8 Å². The molecule has 0 aliphatic rings. The zero-order chi connectivity index (χ0) is 23.6. The summed E-state index contributed by atoms with van der Waals surface area (Å²) >= 11 is 6.20. The number of amides is 2. The van der Waals surface area contributed by atoms with E-state index in [0.29, 0.717) is 33.5 Å². The van der Waals surface area contributed by atoms with Gasteiger partial charge in [0.25, 0.3) is 0 Å². The predicted octanol–water partition coefficient (Wildman–Crippen LogP) is 4.03. The number of methoxy groups -OCH3 is 2. The molecule has 0 fully saturated rings. The van der Waals surface area contributed by atoms with Crippen molar-refractivity contribution in [1.82, 2.24) is 5.43 Å². The first-order chi connectivity index (χ1) is 16.0. The molecule has 2 amide bonds. The molecule has 0 aliphatic heterocycles. The van der Waals surface area contributed by atoms with E-state index < -0.39 is 11.8 Å². The zero-order valence-electron chi connectivity index (χ0n) is 18.0.